The topological polar surface area (TPSA) is 0 Å². The fourth-order valence-corrected chi connectivity index (χ4v) is 1.65. The van der Waals surface area contributed by atoms with Gasteiger partial charge in [0.15, 0.2) is 0 Å². The van der Waals surface area contributed by atoms with Crippen LogP contribution in [0, 0.1) is 6.92 Å². The zero-order valence-corrected chi connectivity index (χ0v) is 9.98. The van der Waals surface area contributed by atoms with E-state index in [1.165, 1.54) is 16.7 Å². The number of aryl methyl sites for hydroxylation is 1. The summed E-state index contributed by atoms with van der Waals surface area (Å²) in [6.07, 6.45) is 0. The van der Waals surface area contributed by atoms with Crippen molar-refractivity contribution in [3.63, 3.8) is 0 Å². The normalized spacial score (nSPS) is 9.47. The molecule has 0 unspecified atom stereocenters. The molecule has 0 saturated carbocycles. The van der Waals surface area contributed by atoms with Gasteiger partial charge in [-0.3, -0.25) is 0 Å². The lowest BCUT2D eigenvalue weighted by molar-refractivity contribution is 1.46. The van der Waals surface area contributed by atoms with Crippen LogP contribution >= 0.6 is 24.0 Å². The van der Waals surface area contributed by atoms with Crippen molar-refractivity contribution < 1.29 is 0 Å². The number of hydrogen-bond acceptors (Lipinski definition) is 0. The fraction of sp³-hybridized carbons (Fsp3) is 0.0769. The second-order valence-corrected chi connectivity index (χ2v) is 3.76. The van der Waals surface area contributed by atoms with Gasteiger partial charge < -0.3 is 0 Å². The molecule has 2 heteroatoms. The molecule has 78 valence electrons. The number of rotatable bonds is 1. The van der Waals surface area contributed by atoms with Crippen molar-refractivity contribution in [3.05, 3.63) is 59.1 Å². The molecule has 2 rings (SSSR count). The van der Waals surface area contributed by atoms with Gasteiger partial charge in [0.25, 0.3) is 0 Å². The lowest BCUT2D eigenvalue weighted by Crippen LogP contribution is -1.81. The summed E-state index contributed by atoms with van der Waals surface area (Å²) in [6.45, 7) is 2.12. The Bertz CT molecular complexity index is 433. The van der Waals surface area contributed by atoms with Crippen LogP contribution in [-0.2, 0) is 0 Å². The van der Waals surface area contributed by atoms with Crippen molar-refractivity contribution in [1.29, 1.82) is 0 Å². The molecule has 0 fully saturated rings. The second kappa shape index (κ2) is 5.20. The van der Waals surface area contributed by atoms with Crippen LogP contribution in [0.5, 0.6) is 0 Å². The molecular formula is C13H12Cl2. The molecule has 0 atom stereocenters. The highest BCUT2D eigenvalue weighted by Gasteiger charge is 1.99. The van der Waals surface area contributed by atoms with Crippen LogP contribution < -0.4 is 0 Å². The van der Waals surface area contributed by atoms with Gasteiger partial charge in [0, 0.05) is 5.02 Å². The van der Waals surface area contributed by atoms with Gasteiger partial charge in [-0.2, -0.15) is 0 Å². The zero-order valence-electron chi connectivity index (χ0n) is 8.41. The fourth-order valence-electron chi connectivity index (χ4n) is 1.53. The monoisotopic (exact) mass is 238 g/mol. The average Bonchev–Trinajstić information content (AvgIpc) is 2.20. The maximum atomic E-state index is 5.84. The van der Waals surface area contributed by atoms with Gasteiger partial charge in [-0.05, 0) is 35.7 Å². The largest absolute Gasteiger partial charge is 0.147 e. The molecule has 2 aromatic carbocycles. The molecule has 0 amide bonds. The van der Waals surface area contributed by atoms with Gasteiger partial charge in [-0.15, -0.1) is 12.4 Å². The van der Waals surface area contributed by atoms with E-state index in [9.17, 15) is 0 Å². The Balaban J connectivity index is 0.00000112. The van der Waals surface area contributed by atoms with Crippen LogP contribution in [0.2, 0.25) is 5.02 Å². The van der Waals surface area contributed by atoms with Gasteiger partial charge in [0.1, 0.15) is 0 Å². The van der Waals surface area contributed by atoms with E-state index >= 15 is 0 Å². The van der Waals surface area contributed by atoms with Crippen LogP contribution in [0.25, 0.3) is 11.1 Å². The van der Waals surface area contributed by atoms with Crippen molar-refractivity contribution in [2.75, 3.05) is 0 Å². The van der Waals surface area contributed by atoms with Crippen LogP contribution in [-0.4, -0.2) is 0 Å². The molecule has 0 aliphatic rings. The third-order valence-corrected chi connectivity index (χ3v) is 2.55. The molecule has 0 aliphatic heterocycles. The maximum Gasteiger partial charge on any atom is 0.0406 e. The quantitative estimate of drug-likeness (QED) is 0.674. The highest BCUT2D eigenvalue weighted by molar-refractivity contribution is 6.30. The zero-order chi connectivity index (χ0) is 9.97. The third-order valence-electron chi connectivity index (χ3n) is 2.30. The van der Waals surface area contributed by atoms with E-state index in [-0.39, 0.29) is 12.4 Å². The third kappa shape index (κ3) is 2.74. The predicted octanol–water partition coefficient (Wildman–Crippen LogP) is 4.74. The Kier molecular flexibility index (Phi) is 4.19. The summed E-state index contributed by atoms with van der Waals surface area (Å²) in [5.41, 5.74) is 3.77. The molecule has 0 saturated heterocycles. The van der Waals surface area contributed by atoms with E-state index in [1.807, 2.05) is 24.3 Å². The van der Waals surface area contributed by atoms with Crippen molar-refractivity contribution >= 4 is 24.0 Å². The van der Waals surface area contributed by atoms with Gasteiger partial charge in [0.05, 0.1) is 0 Å². The molecule has 0 spiro atoms. The summed E-state index contributed by atoms with van der Waals surface area (Å²) in [4.78, 5) is 0. The Morgan fingerprint density at radius 2 is 1.47 bits per heavy atom. The van der Waals surface area contributed by atoms with E-state index in [0.29, 0.717) is 0 Å². The number of benzene rings is 2. The summed E-state index contributed by atoms with van der Waals surface area (Å²) in [6, 6.07) is 16.3. The first-order chi connectivity index (χ1) is 6.77. The van der Waals surface area contributed by atoms with Gasteiger partial charge in [0.2, 0.25) is 0 Å². The molecular weight excluding hydrogens is 227 g/mol. The number of hydrogen-bond donors (Lipinski definition) is 0. The molecule has 0 radical (unpaired) electrons. The Hall–Kier alpha value is -0.980. The molecule has 0 aliphatic carbocycles. The Morgan fingerprint density at radius 1 is 0.867 bits per heavy atom. The first kappa shape index (κ1) is 12.1. The van der Waals surface area contributed by atoms with E-state index in [0.717, 1.165) is 5.02 Å². The molecule has 0 aromatic heterocycles. The van der Waals surface area contributed by atoms with E-state index in [4.69, 9.17) is 11.6 Å². The summed E-state index contributed by atoms with van der Waals surface area (Å²) >= 11 is 5.84. The molecule has 15 heavy (non-hydrogen) atoms. The summed E-state index contributed by atoms with van der Waals surface area (Å²) in [7, 11) is 0. The molecule has 0 nitrogen and oxygen atoms in total. The summed E-state index contributed by atoms with van der Waals surface area (Å²) in [5, 5.41) is 0.780. The maximum absolute atomic E-state index is 5.84. The van der Waals surface area contributed by atoms with Gasteiger partial charge >= 0.3 is 0 Å². The van der Waals surface area contributed by atoms with Crippen molar-refractivity contribution in [2.45, 2.75) is 6.92 Å². The van der Waals surface area contributed by atoms with Crippen molar-refractivity contribution in [1.82, 2.24) is 0 Å². The van der Waals surface area contributed by atoms with Crippen LogP contribution in [0.15, 0.2) is 48.5 Å². The molecule has 0 heterocycles. The lowest BCUT2D eigenvalue weighted by atomic mass is 10.0. The van der Waals surface area contributed by atoms with E-state index < -0.39 is 0 Å². The Morgan fingerprint density at radius 3 is 2.07 bits per heavy atom. The Labute approximate surface area is 101 Å². The average molecular weight is 239 g/mol. The van der Waals surface area contributed by atoms with Crippen LogP contribution in [0.3, 0.4) is 0 Å². The van der Waals surface area contributed by atoms with Crippen molar-refractivity contribution in [2.24, 2.45) is 0 Å². The smallest absolute Gasteiger partial charge is 0.0406 e. The highest BCUT2D eigenvalue weighted by atomic mass is 35.5. The van der Waals surface area contributed by atoms with E-state index in [1.54, 1.807) is 0 Å². The highest BCUT2D eigenvalue weighted by Crippen LogP contribution is 2.24. The SMILES string of the molecule is Cc1ccccc1-c1ccc(Cl)cc1.Cl. The van der Waals surface area contributed by atoms with Gasteiger partial charge in [-0.25, -0.2) is 0 Å². The van der Waals surface area contributed by atoms with E-state index in [2.05, 4.69) is 31.2 Å². The predicted molar refractivity (Wildman–Crippen MR) is 68.9 cm³/mol. The minimum absolute atomic E-state index is 0. The summed E-state index contributed by atoms with van der Waals surface area (Å²) in [5.74, 6) is 0. The van der Waals surface area contributed by atoms with Gasteiger partial charge in [-0.1, -0.05) is 48.0 Å². The molecule has 0 N–H and O–H groups in total. The minimum Gasteiger partial charge on any atom is -0.147 e. The lowest BCUT2D eigenvalue weighted by Gasteiger charge is -2.05. The van der Waals surface area contributed by atoms with Crippen LogP contribution in [0.4, 0.5) is 0 Å². The molecule has 2 aromatic rings. The summed E-state index contributed by atoms with van der Waals surface area (Å²) < 4.78 is 0. The number of halogens is 2. The second-order valence-electron chi connectivity index (χ2n) is 3.32. The van der Waals surface area contributed by atoms with Crippen LogP contribution in [0.1, 0.15) is 5.56 Å². The minimum atomic E-state index is 0. The van der Waals surface area contributed by atoms with Crippen molar-refractivity contribution in [3.8, 4) is 11.1 Å². The standard InChI is InChI=1S/C13H11Cl.ClH/c1-10-4-2-3-5-13(10)11-6-8-12(14)9-7-11;/h2-9H,1H3;1H. The molecule has 0 bridgehead atoms. The first-order valence-corrected chi connectivity index (χ1v) is 4.97. The first-order valence-electron chi connectivity index (χ1n) is 4.59.